The summed E-state index contributed by atoms with van der Waals surface area (Å²) in [6, 6.07) is 25.5. The Morgan fingerprint density at radius 1 is 0.929 bits per heavy atom. The monoisotopic (exact) mass is 575 g/mol. The van der Waals surface area contributed by atoms with E-state index in [1.807, 2.05) is 92.0 Å². The molecule has 42 heavy (non-hydrogen) atoms. The highest BCUT2D eigenvalue weighted by molar-refractivity contribution is 7.15. The minimum absolute atomic E-state index is 0.233. The molecule has 0 aliphatic carbocycles. The minimum Gasteiger partial charge on any atom is -0.494 e. The first-order chi connectivity index (χ1) is 20.5. The van der Waals surface area contributed by atoms with Crippen molar-refractivity contribution < 1.29 is 4.74 Å². The summed E-state index contributed by atoms with van der Waals surface area (Å²) in [4.78, 5) is 30.7. The van der Waals surface area contributed by atoms with Crippen LogP contribution in [0.2, 0.25) is 0 Å². The predicted octanol–water partition coefficient (Wildman–Crippen LogP) is 4.99. The molecule has 0 N–H and O–H groups in total. The molecule has 3 aromatic heterocycles. The lowest BCUT2D eigenvalue weighted by atomic mass is 10.1. The Bertz CT molecular complexity index is 2010. The van der Waals surface area contributed by atoms with E-state index in [0.717, 1.165) is 57.9 Å². The number of aromatic nitrogens is 5. The molecule has 0 radical (unpaired) electrons. The lowest BCUT2D eigenvalue weighted by molar-refractivity contribution is 0.309. The largest absolute Gasteiger partial charge is 0.494 e. The van der Waals surface area contributed by atoms with Gasteiger partial charge in [-0.05, 0) is 61.4 Å². The van der Waals surface area contributed by atoms with Gasteiger partial charge in [0.05, 0.1) is 16.8 Å². The quantitative estimate of drug-likeness (QED) is 0.226. The summed E-state index contributed by atoms with van der Waals surface area (Å²) >= 11 is 1.14. The molecule has 0 amide bonds. The van der Waals surface area contributed by atoms with Gasteiger partial charge < -0.3 is 4.74 Å². The van der Waals surface area contributed by atoms with E-state index in [1.165, 1.54) is 4.52 Å². The summed E-state index contributed by atoms with van der Waals surface area (Å²) in [5.74, 6) is 0.801. The summed E-state index contributed by atoms with van der Waals surface area (Å²) in [6.45, 7) is 4.81. The summed E-state index contributed by atoms with van der Waals surface area (Å²) in [7, 11) is 0. The van der Waals surface area contributed by atoms with Crippen molar-refractivity contribution >= 4 is 22.4 Å². The maximum absolute atomic E-state index is 13.5. The van der Waals surface area contributed by atoms with Gasteiger partial charge in [-0.15, -0.1) is 0 Å². The van der Waals surface area contributed by atoms with E-state index >= 15 is 0 Å². The van der Waals surface area contributed by atoms with E-state index in [1.54, 1.807) is 10.8 Å². The molecule has 0 atom stereocenters. The standard InChI is InChI=1S/C33H29N5O3S/c1-3-4-18-41-27-16-14-24(15-17-27)30-25(21-37(36-30)26-8-6-5-7-9-26)20-29-32(40)38-33(42-29)34-31(39)28(35-38)19-23-12-10-22(2)11-13-23/h5-17,20-21H,3-4,18-19H2,1-2H3. The van der Waals surface area contributed by atoms with Crippen LogP contribution in [0, 0.1) is 6.92 Å². The van der Waals surface area contributed by atoms with Crippen LogP contribution in [0.1, 0.15) is 42.1 Å². The first-order valence-electron chi connectivity index (χ1n) is 13.9. The van der Waals surface area contributed by atoms with Crippen LogP contribution in [0.5, 0.6) is 5.75 Å². The van der Waals surface area contributed by atoms with Crippen molar-refractivity contribution in [3.63, 3.8) is 0 Å². The molecule has 0 aliphatic rings. The maximum Gasteiger partial charge on any atom is 0.296 e. The van der Waals surface area contributed by atoms with Crippen LogP contribution >= 0.6 is 11.3 Å². The molecule has 8 nitrogen and oxygen atoms in total. The molecule has 210 valence electrons. The number of nitrogens with zero attached hydrogens (tertiary/aromatic N) is 5. The molecule has 6 rings (SSSR count). The second-order valence-corrected chi connectivity index (χ2v) is 11.1. The van der Waals surface area contributed by atoms with Gasteiger partial charge >= 0.3 is 0 Å². The van der Waals surface area contributed by atoms with Gasteiger partial charge in [0.25, 0.3) is 11.1 Å². The van der Waals surface area contributed by atoms with Crippen molar-refractivity contribution in [1.82, 2.24) is 24.4 Å². The highest BCUT2D eigenvalue weighted by atomic mass is 32.1. The zero-order chi connectivity index (χ0) is 29.1. The number of para-hydroxylation sites is 1. The van der Waals surface area contributed by atoms with E-state index in [0.29, 0.717) is 23.3 Å². The van der Waals surface area contributed by atoms with E-state index in [2.05, 4.69) is 17.0 Å². The second-order valence-electron chi connectivity index (χ2n) is 10.1. The molecule has 0 saturated carbocycles. The number of benzene rings is 3. The Morgan fingerprint density at radius 2 is 1.69 bits per heavy atom. The van der Waals surface area contributed by atoms with Crippen molar-refractivity contribution in [3.05, 3.63) is 133 Å². The first-order valence-corrected chi connectivity index (χ1v) is 14.7. The van der Waals surface area contributed by atoms with Crippen LogP contribution < -0.4 is 20.4 Å². The van der Waals surface area contributed by atoms with Crippen molar-refractivity contribution in [1.29, 1.82) is 0 Å². The summed E-state index contributed by atoms with van der Waals surface area (Å²) in [5, 5.41) is 9.29. The fourth-order valence-electron chi connectivity index (χ4n) is 4.57. The summed E-state index contributed by atoms with van der Waals surface area (Å²) in [6.07, 6.45) is 6.06. The van der Waals surface area contributed by atoms with Crippen LogP contribution in [0.25, 0.3) is 28.0 Å². The van der Waals surface area contributed by atoms with Crippen LogP contribution in [0.3, 0.4) is 0 Å². The molecule has 0 spiro atoms. The lowest BCUT2D eigenvalue weighted by Gasteiger charge is -2.06. The Kier molecular flexibility index (Phi) is 7.74. The predicted molar refractivity (Wildman–Crippen MR) is 166 cm³/mol. The molecule has 0 saturated heterocycles. The van der Waals surface area contributed by atoms with Gasteiger partial charge in [-0.1, -0.05) is 72.7 Å². The zero-order valence-corrected chi connectivity index (χ0v) is 24.2. The number of aryl methyl sites for hydroxylation is 1. The molecule has 6 aromatic rings. The van der Waals surface area contributed by atoms with E-state index in [-0.39, 0.29) is 16.2 Å². The lowest BCUT2D eigenvalue weighted by Crippen LogP contribution is -2.28. The van der Waals surface area contributed by atoms with Crippen LogP contribution in [-0.4, -0.2) is 31.0 Å². The minimum atomic E-state index is -0.429. The molecule has 0 fully saturated rings. The topological polar surface area (TPSA) is 91.4 Å². The molecule has 0 unspecified atom stereocenters. The fourth-order valence-corrected chi connectivity index (χ4v) is 5.46. The normalized spacial score (nSPS) is 11.8. The first kappa shape index (κ1) is 27.3. The number of fused-ring (bicyclic) bond motifs is 1. The molecular formula is C33H29N5O3S. The van der Waals surface area contributed by atoms with E-state index < -0.39 is 5.56 Å². The molecule has 0 aliphatic heterocycles. The van der Waals surface area contributed by atoms with Gasteiger partial charge in [-0.25, -0.2) is 4.68 Å². The molecular weight excluding hydrogens is 546 g/mol. The third kappa shape index (κ3) is 5.77. The Morgan fingerprint density at radius 3 is 2.43 bits per heavy atom. The van der Waals surface area contributed by atoms with E-state index in [4.69, 9.17) is 9.84 Å². The van der Waals surface area contributed by atoms with Crippen LogP contribution in [0.4, 0.5) is 0 Å². The maximum atomic E-state index is 13.5. The van der Waals surface area contributed by atoms with Gasteiger partial charge in [0.2, 0.25) is 4.96 Å². The second kappa shape index (κ2) is 11.9. The zero-order valence-electron chi connectivity index (χ0n) is 23.4. The summed E-state index contributed by atoms with van der Waals surface area (Å²) < 4.78 is 9.27. The fraction of sp³-hybridized carbons (Fsp3) is 0.182. The third-order valence-electron chi connectivity index (χ3n) is 6.89. The van der Waals surface area contributed by atoms with Gasteiger partial charge in [-0.2, -0.15) is 19.7 Å². The van der Waals surface area contributed by atoms with Crippen molar-refractivity contribution in [2.45, 2.75) is 33.1 Å². The molecule has 9 heteroatoms. The number of hydrogen-bond donors (Lipinski definition) is 0. The Labute approximate surface area is 246 Å². The van der Waals surface area contributed by atoms with Crippen LogP contribution in [-0.2, 0) is 6.42 Å². The highest BCUT2D eigenvalue weighted by Gasteiger charge is 2.15. The van der Waals surface area contributed by atoms with Gasteiger partial charge in [0, 0.05) is 23.7 Å². The smallest absolute Gasteiger partial charge is 0.296 e. The highest BCUT2D eigenvalue weighted by Crippen LogP contribution is 2.26. The average Bonchev–Trinajstić information content (AvgIpc) is 3.56. The number of rotatable bonds is 9. The van der Waals surface area contributed by atoms with Crippen molar-refractivity contribution in [3.8, 4) is 22.7 Å². The molecule has 0 bridgehead atoms. The SMILES string of the molecule is CCCCOc1ccc(-c2nn(-c3ccccc3)cc2C=c2sc3nc(=O)c(Cc4ccc(C)cc4)nn3c2=O)cc1. The molecule has 3 aromatic carbocycles. The van der Waals surface area contributed by atoms with E-state index in [9.17, 15) is 9.59 Å². The number of hydrogen-bond acceptors (Lipinski definition) is 7. The number of unbranched alkanes of at least 4 members (excludes halogenated alkanes) is 1. The number of ether oxygens (including phenoxy) is 1. The molecule has 3 heterocycles. The van der Waals surface area contributed by atoms with Crippen LogP contribution in [0.15, 0.2) is 94.6 Å². The Hall–Kier alpha value is -4.89. The van der Waals surface area contributed by atoms with Gasteiger partial charge in [-0.3, -0.25) is 9.59 Å². The van der Waals surface area contributed by atoms with Gasteiger partial charge in [0.1, 0.15) is 17.1 Å². The Balaban J connectivity index is 1.41. The van der Waals surface area contributed by atoms with Crippen molar-refractivity contribution in [2.24, 2.45) is 0 Å². The van der Waals surface area contributed by atoms with Gasteiger partial charge in [0.15, 0.2) is 0 Å². The van der Waals surface area contributed by atoms with Crippen molar-refractivity contribution in [2.75, 3.05) is 6.61 Å². The number of thiazole rings is 1. The average molecular weight is 576 g/mol. The third-order valence-corrected chi connectivity index (χ3v) is 7.85. The summed E-state index contributed by atoms with van der Waals surface area (Å²) in [5.41, 5.74) is 4.79.